The van der Waals surface area contributed by atoms with Crippen molar-refractivity contribution in [1.29, 1.82) is 0 Å². The number of H-pyrrole nitrogens is 1. The van der Waals surface area contributed by atoms with Gasteiger partial charge in [0.1, 0.15) is 5.69 Å². The molecule has 26 heavy (non-hydrogen) atoms. The summed E-state index contributed by atoms with van der Waals surface area (Å²) < 4.78 is 6.32. The Hall–Kier alpha value is -2.60. The van der Waals surface area contributed by atoms with E-state index in [-0.39, 0.29) is 5.91 Å². The number of carbonyl (C=O) groups excluding carboxylic acids is 2. The lowest BCUT2D eigenvalue weighted by molar-refractivity contribution is 0.0525. The molecule has 0 saturated carbocycles. The van der Waals surface area contributed by atoms with Gasteiger partial charge in [0.05, 0.1) is 12.2 Å². The Morgan fingerprint density at radius 1 is 1.23 bits per heavy atom. The average Bonchev–Trinajstić information content (AvgIpc) is 3.16. The monoisotopic (exact) mass is 370 g/mol. The number of carbonyl (C=O) groups is 2. The highest BCUT2D eigenvalue weighted by atomic mass is 32.1. The summed E-state index contributed by atoms with van der Waals surface area (Å²) in [7, 11) is 0. The maximum Gasteiger partial charge on any atom is 0.340 e. The third kappa shape index (κ3) is 3.51. The van der Waals surface area contributed by atoms with Crippen molar-refractivity contribution >= 4 is 33.3 Å². The van der Waals surface area contributed by atoms with Crippen molar-refractivity contribution in [3.05, 3.63) is 57.7 Å². The lowest BCUT2D eigenvalue weighted by Crippen LogP contribution is -2.26. The van der Waals surface area contributed by atoms with E-state index in [4.69, 9.17) is 4.74 Å². The second-order valence-electron chi connectivity index (χ2n) is 6.11. The van der Waals surface area contributed by atoms with Gasteiger partial charge >= 0.3 is 5.97 Å². The van der Waals surface area contributed by atoms with E-state index in [1.165, 1.54) is 15.6 Å². The van der Waals surface area contributed by atoms with E-state index in [9.17, 15) is 9.59 Å². The molecule has 136 valence electrons. The fraction of sp³-hybridized carbons (Fsp3) is 0.300. The van der Waals surface area contributed by atoms with Crippen LogP contribution >= 0.6 is 11.3 Å². The number of aromatic amines is 1. The predicted molar refractivity (Wildman–Crippen MR) is 104 cm³/mol. The number of aromatic nitrogens is 1. The summed E-state index contributed by atoms with van der Waals surface area (Å²) in [5, 5.41) is 6.31. The number of esters is 1. The van der Waals surface area contributed by atoms with Crippen molar-refractivity contribution in [2.45, 2.75) is 27.2 Å². The minimum atomic E-state index is -0.400. The molecular formula is C20H22N2O3S. The number of nitrogens with one attached hydrogen (secondary N) is 2. The van der Waals surface area contributed by atoms with Crippen LogP contribution in [0.15, 0.2) is 29.6 Å². The van der Waals surface area contributed by atoms with E-state index in [1.54, 1.807) is 32.1 Å². The summed E-state index contributed by atoms with van der Waals surface area (Å²) in [5.41, 5.74) is 3.37. The summed E-state index contributed by atoms with van der Waals surface area (Å²) in [4.78, 5) is 27.6. The van der Waals surface area contributed by atoms with Crippen LogP contribution in [0, 0.1) is 13.8 Å². The minimum absolute atomic E-state index is 0.208. The molecule has 0 spiro atoms. The van der Waals surface area contributed by atoms with Crippen LogP contribution in [0.4, 0.5) is 0 Å². The second kappa shape index (κ2) is 7.74. The van der Waals surface area contributed by atoms with Crippen LogP contribution < -0.4 is 5.32 Å². The zero-order valence-electron chi connectivity index (χ0n) is 15.1. The Kier molecular flexibility index (Phi) is 5.42. The summed E-state index contributed by atoms with van der Waals surface area (Å²) in [6.07, 6.45) is 0.763. The maximum atomic E-state index is 12.5. The van der Waals surface area contributed by atoms with E-state index in [0.29, 0.717) is 35.7 Å². The van der Waals surface area contributed by atoms with Crippen LogP contribution in [-0.2, 0) is 11.2 Å². The number of amides is 1. The van der Waals surface area contributed by atoms with E-state index in [2.05, 4.69) is 27.8 Å². The highest BCUT2D eigenvalue weighted by molar-refractivity contribution is 7.17. The fourth-order valence-corrected chi connectivity index (χ4v) is 4.11. The van der Waals surface area contributed by atoms with Crippen molar-refractivity contribution in [1.82, 2.24) is 10.3 Å². The van der Waals surface area contributed by atoms with Crippen LogP contribution in [0.25, 0.3) is 10.1 Å². The molecule has 0 radical (unpaired) electrons. The van der Waals surface area contributed by atoms with Crippen molar-refractivity contribution in [3.63, 3.8) is 0 Å². The smallest absolute Gasteiger partial charge is 0.340 e. The zero-order valence-corrected chi connectivity index (χ0v) is 16.0. The normalized spacial score (nSPS) is 10.9. The van der Waals surface area contributed by atoms with E-state index < -0.39 is 5.97 Å². The summed E-state index contributed by atoms with van der Waals surface area (Å²) in [6.45, 7) is 6.13. The van der Waals surface area contributed by atoms with Gasteiger partial charge in [-0.05, 0) is 55.2 Å². The molecule has 1 aromatic carbocycles. The number of thiophene rings is 1. The van der Waals surface area contributed by atoms with Gasteiger partial charge in [0.25, 0.3) is 5.91 Å². The van der Waals surface area contributed by atoms with Gasteiger partial charge in [0, 0.05) is 16.9 Å². The first kappa shape index (κ1) is 18.2. The molecular weight excluding hydrogens is 348 g/mol. The van der Waals surface area contributed by atoms with Gasteiger partial charge in [-0.1, -0.05) is 18.2 Å². The van der Waals surface area contributed by atoms with Crippen molar-refractivity contribution < 1.29 is 14.3 Å². The topological polar surface area (TPSA) is 71.2 Å². The standard InChI is InChI=1S/C20H22N2O3S/c1-4-25-20(24)17-12(2)18(22-13(17)3)19(23)21-10-9-14-11-26-16-8-6-5-7-15(14)16/h5-8,11,22H,4,9-10H2,1-3H3,(H,21,23). The first-order valence-electron chi connectivity index (χ1n) is 8.62. The van der Waals surface area contributed by atoms with Gasteiger partial charge < -0.3 is 15.0 Å². The number of benzene rings is 1. The fourth-order valence-electron chi connectivity index (χ4n) is 3.11. The molecule has 2 N–H and O–H groups in total. The maximum absolute atomic E-state index is 12.5. The number of fused-ring (bicyclic) bond motifs is 1. The Morgan fingerprint density at radius 2 is 2.00 bits per heavy atom. The largest absolute Gasteiger partial charge is 0.462 e. The molecule has 2 heterocycles. The van der Waals surface area contributed by atoms with Crippen LogP contribution in [0.3, 0.4) is 0 Å². The molecule has 0 fully saturated rings. The lowest BCUT2D eigenvalue weighted by atomic mass is 10.1. The molecule has 0 bridgehead atoms. The van der Waals surface area contributed by atoms with E-state index in [1.807, 2.05) is 12.1 Å². The molecule has 0 aliphatic heterocycles. The molecule has 5 nitrogen and oxygen atoms in total. The molecule has 6 heteroatoms. The number of hydrogen-bond acceptors (Lipinski definition) is 4. The quantitative estimate of drug-likeness (QED) is 0.645. The summed E-state index contributed by atoms with van der Waals surface area (Å²) in [6, 6.07) is 8.26. The number of rotatable bonds is 6. The summed E-state index contributed by atoms with van der Waals surface area (Å²) in [5.74, 6) is -0.608. The third-order valence-corrected chi connectivity index (χ3v) is 5.40. The van der Waals surface area contributed by atoms with E-state index in [0.717, 1.165) is 6.42 Å². The molecule has 0 saturated heterocycles. The molecule has 1 amide bonds. The Balaban J connectivity index is 1.67. The van der Waals surface area contributed by atoms with Gasteiger partial charge in [-0.15, -0.1) is 11.3 Å². The minimum Gasteiger partial charge on any atom is -0.462 e. The number of hydrogen-bond donors (Lipinski definition) is 2. The molecule has 0 atom stereocenters. The lowest BCUT2D eigenvalue weighted by Gasteiger charge is -2.05. The SMILES string of the molecule is CCOC(=O)c1c(C)[nH]c(C(=O)NCCc2csc3ccccc23)c1C. The van der Waals surface area contributed by atoms with Gasteiger partial charge in [0.2, 0.25) is 0 Å². The Labute approximate surface area is 156 Å². The molecule has 0 unspecified atom stereocenters. The highest BCUT2D eigenvalue weighted by Crippen LogP contribution is 2.25. The average molecular weight is 370 g/mol. The van der Waals surface area contributed by atoms with Gasteiger partial charge in [0.15, 0.2) is 0 Å². The molecule has 3 aromatic rings. The van der Waals surface area contributed by atoms with Crippen LogP contribution in [0.2, 0.25) is 0 Å². The predicted octanol–water partition coefficient (Wildman–Crippen LogP) is 4.00. The van der Waals surface area contributed by atoms with Gasteiger partial charge in [-0.2, -0.15) is 0 Å². The Bertz CT molecular complexity index is 955. The Morgan fingerprint density at radius 3 is 2.77 bits per heavy atom. The van der Waals surface area contributed by atoms with Gasteiger partial charge in [-0.3, -0.25) is 4.79 Å². The molecule has 2 aromatic heterocycles. The first-order valence-corrected chi connectivity index (χ1v) is 9.50. The zero-order chi connectivity index (χ0) is 18.7. The second-order valence-corrected chi connectivity index (χ2v) is 7.02. The van der Waals surface area contributed by atoms with E-state index >= 15 is 0 Å². The third-order valence-electron chi connectivity index (χ3n) is 4.39. The number of ether oxygens (including phenoxy) is 1. The van der Waals surface area contributed by atoms with Crippen molar-refractivity contribution in [3.8, 4) is 0 Å². The van der Waals surface area contributed by atoms with Crippen molar-refractivity contribution in [2.24, 2.45) is 0 Å². The molecule has 3 rings (SSSR count). The first-order chi connectivity index (χ1) is 12.5. The van der Waals surface area contributed by atoms with Crippen LogP contribution in [0.1, 0.15) is 44.6 Å². The van der Waals surface area contributed by atoms with Crippen molar-refractivity contribution in [2.75, 3.05) is 13.2 Å². The summed E-state index contributed by atoms with van der Waals surface area (Å²) >= 11 is 1.71. The van der Waals surface area contributed by atoms with Crippen LogP contribution in [0.5, 0.6) is 0 Å². The molecule has 0 aliphatic rings. The highest BCUT2D eigenvalue weighted by Gasteiger charge is 2.22. The molecule has 0 aliphatic carbocycles. The number of aryl methyl sites for hydroxylation is 1. The van der Waals surface area contributed by atoms with Gasteiger partial charge in [-0.25, -0.2) is 4.79 Å². The van der Waals surface area contributed by atoms with Crippen LogP contribution in [-0.4, -0.2) is 30.0 Å².